The first-order chi connectivity index (χ1) is 18.0. The fourth-order valence-corrected chi connectivity index (χ4v) is 7.64. The molecule has 5 rings (SSSR count). The van der Waals surface area contributed by atoms with E-state index < -0.39 is 6.17 Å². The largest absolute Gasteiger partial charge is 0.350 e. The zero-order valence-electron chi connectivity index (χ0n) is 23.2. The molecule has 1 amide bonds. The van der Waals surface area contributed by atoms with Crippen LogP contribution in [0, 0.1) is 0 Å². The van der Waals surface area contributed by atoms with Crippen LogP contribution < -0.4 is 5.32 Å². The number of aromatic nitrogens is 1. The van der Waals surface area contributed by atoms with Crippen molar-refractivity contribution in [2.75, 3.05) is 13.2 Å². The minimum atomic E-state index is -0.684. The second kappa shape index (κ2) is 12.6. The highest BCUT2D eigenvalue weighted by atomic mass is 19.1. The van der Waals surface area contributed by atoms with Crippen molar-refractivity contribution in [3.05, 3.63) is 22.5 Å². The van der Waals surface area contributed by atoms with E-state index in [4.69, 9.17) is 9.47 Å². The number of carbonyl (C=O) groups is 1. The Morgan fingerprint density at radius 2 is 1.51 bits per heavy atom. The molecule has 37 heavy (non-hydrogen) atoms. The first kappa shape index (κ1) is 27.2. The van der Waals surface area contributed by atoms with E-state index in [1.165, 1.54) is 55.5 Å². The lowest BCUT2D eigenvalue weighted by molar-refractivity contribution is -0.0493. The van der Waals surface area contributed by atoms with Crippen molar-refractivity contribution >= 4 is 5.91 Å². The topological polar surface area (TPSA) is 52.5 Å². The van der Waals surface area contributed by atoms with Gasteiger partial charge in [0.1, 0.15) is 6.17 Å². The molecule has 4 fully saturated rings. The summed E-state index contributed by atoms with van der Waals surface area (Å²) in [4.78, 5) is 14.2. The third-order valence-electron chi connectivity index (χ3n) is 9.43. The van der Waals surface area contributed by atoms with Gasteiger partial charge in [-0.15, -0.1) is 0 Å². The molecule has 2 heterocycles. The summed E-state index contributed by atoms with van der Waals surface area (Å²) in [5.41, 5.74) is 4.84. The Bertz CT molecular complexity index is 887. The quantitative estimate of drug-likeness (QED) is 0.390. The molecule has 4 aliphatic rings. The normalized spacial score (nSPS) is 26.7. The van der Waals surface area contributed by atoms with Crippen molar-refractivity contribution in [2.45, 2.75) is 153 Å². The zero-order valence-corrected chi connectivity index (χ0v) is 23.2. The van der Waals surface area contributed by atoms with Crippen molar-refractivity contribution in [2.24, 2.45) is 0 Å². The van der Waals surface area contributed by atoms with Crippen LogP contribution in [0.1, 0.15) is 155 Å². The minimum Gasteiger partial charge on any atom is -0.350 e. The average Bonchev–Trinajstić information content (AvgIpc) is 3.55. The van der Waals surface area contributed by atoms with E-state index in [2.05, 4.69) is 23.7 Å². The Morgan fingerprint density at radius 3 is 2.14 bits per heavy atom. The number of nitrogens with one attached hydrogen (secondary N) is 1. The van der Waals surface area contributed by atoms with E-state index >= 15 is 0 Å². The third-order valence-corrected chi connectivity index (χ3v) is 9.43. The maximum atomic E-state index is 14.3. The molecule has 1 saturated heterocycles. The number of hydrogen-bond acceptors (Lipinski definition) is 3. The summed E-state index contributed by atoms with van der Waals surface area (Å²) < 4.78 is 28.4. The van der Waals surface area contributed by atoms with Gasteiger partial charge in [-0.1, -0.05) is 52.4 Å². The molecule has 0 atom stereocenters. The van der Waals surface area contributed by atoms with Gasteiger partial charge in [-0.3, -0.25) is 4.79 Å². The summed E-state index contributed by atoms with van der Waals surface area (Å²) in [5.74, 6) is 1.12. The number of halogens is 1. The van der Waals surface area contributed by atoms with Gasteiger partial charge in [-0.25, -0.2) is 4.39 Å². The molecule has 3 saturated carbocycles. The van der Waals surface area contributed by atoms with Crippen LogP contribution in [0.25, 0.3) is 0 Å². The summed E-state index contributed by atoms with van der Waals surface area (Å²) in [6, 6.07) is 0.287. The number of ether oxygens (including phenoxy) is 2. The standard InChI is InChI=1S/C31H49FN2O3/c1-21(2)29-28(31(35)33-25-11-7-4-8-12-25)27(22-9-5-3-6-10-22)30(23-13-15-24(32)16-14-23)34(29)18-17-26-36-19-20-37-26/h21-26H,3-20H2,1-2H3,(H,33,35). The SMILES string of the molecule is CC(C)c1c(C(=O)NC2CCCCC2)c(C2CCCCC2)c(C2CCC(F)CC2)n1CCC1OCCO1. The summed E-state index contributed by atoms with van der Waals surface area (Å²) in [6.07, 6.45) is 14.9. The summed E-state index contributed by atoms with van der Waals surface area (Å²) in [6.45, 7) is 6.57. The van der Waals surface area contributed by atoms with Gasteiger partial charge >= 0.3 is 0 Å². The van der Waals surface area contributed by atoms with E-state index in [9.17, 15) is 9.18 Å². The van der Waals surface area contributed by atoms with E-state index in [0.29, 0.717) is 37.9 Å². The maximum absolute atomic E-state index is 14.3. The Kier molecular flexibility index (Phi) is 9.28. The van der Waals surface area contributed by atoms with Crippen molar-refractivity contribution in [1.29, 1.82) is 0 Å². The van der Waals surface area contributed by atoms with E-state index in [-0.39, 0.29) is 24.2 Å². The summed E-state index contributed by atoms with van der Waals surface area (Å²) in [7, 11) is 0. The molecule has 6 heteroatoms. The molecule has 1 aromatic rings. The zero-order chi connectivity index (χ0) is 25.8. The number of carbonyl (C=O) groups excluding carboxylic acids is 1. The Labute approximate surface area is 223 Å². The molecule has 0 unspecified atom stereocenters. The molecular weight excluding hydrogens is 467 g/mol. The predicted octanol–water partition coefficient (Wildman–Crippen LogP) is 7.48. The van der Waals surface area contributed by atoms with Crippen molar-refractivity contribution < 1.29 is 18.7 Å². The number of amides is 1. The lowest BCUT2D eigenvalue weighted by Crippen LogP contribution is -2.37. The maximum Gasteiger partial charge on any atom is 0.253 e. The average molecular weight is 517 g/mol. The van der Waals surface area contributed by atoms with Crippen LogP contribution in [-0.4, -0.2) is 42.2 Å². The predicted molar refractivity (Wildman–Crippen MR) is 145 cm³/mol. The van der Waals surface area contributed by atoms with E-state index in [1.54, 1.807) is 0 Å². The highest BCUT2D eigenvalue weighted by Gasteiger charge is 2.38. The van der Waals surface area contributed by atoms with Crippen molar-refractivity contribution in [3.63, 3.8) is 0 Å². The first-order valence-electron chi connectivity index (χ1n) is 15.5. The number of rotatable bonds is 8. The third kappa shape index (κ3) is 6.27. The van der Waals surface area contributed by atoms with Gasteiger partial charge in [0.25, 0.3) is 5.91 Å². The molecule has 208 valence electrons. The van der Waals surface area contributed by atoms with Crippen LogP contribution in [0.5, 0.6) is 0 Å². The van der Waals surface area contributed by atoms with Gasteiger partial charge in [0, 0.05) is 30.4 Å². The second-order valence-corrected chi connectivity index (χ2v) is 12.4. The van der Waals surface area contributed by atoms with Crippen LogP contribution in [0.4, 0.5) is 4.39 Å². The smallest absolute Gasteiger partial charge is 0.253 e. The fraction of sp³-hybridized carbons (Fsp3) is 0.839. The van der Waals surface area contributed by atoms with Crippen LogP contribution >= 0.6 is 0 Å². The lowest BCUT2D eigenvalue weighted by atomic mass is 9.77. The van der Waals surface area contributed by atoms with Gasteiger partial charge in [0.15, 0.2) is 6.29 Å². The molecule has 5 nitrogen and oxygen atoms in total. The van der Waals surface area contributed by atoms with E-state index in [1.807, 2.05) is 0 Å². The van der Waals surface area contributed by atoms with Crippen molar-refractivity contribution in [1.82, 2.24) is 9.88 Å². The molecule has 0 aromatic carbocycles. The number of alkyl halides is 1. The summed E-state index contributed by atoms with van der Waals surface area (Å²) >= 11 is 0. The molecule has 3 aliphatic carbocycles. The second-order valence-electron chi connectivity index (χ2n) is 12.4. The van der Waals surface area contributed by atoms with Crippen LogP contribution in [0.15, 0.2) is 0 Å². The monoisotopic (exact) mass is 516 g/mol. The van der Waals surface area contributed by atoms with Gasteiger partial charge in [0.05, 0.1) is 18.8 Å². The van der Waals surface area contributed by atoms with Gasteiger partial charge in [0.2, 0.25) is 0 Å². The Hall–Kier alpha value is -1.40. The molecular formula is C31H49FN2O3. The highest BCUT2D eigenvalue weighted by molar-refractivity contribution is 5.98. The van der Waals surface area contributed by atoms with Crippen LogP contribution in [0.3, 0.4) is 0 Å². The molecule has 1 aliphatic heterocycles. The number of hydrogen-bond donors (Lipinski definition) is 1. The molecule has 0 bridgehead atoms. The molecule has 0 spiro atoms. The fourth-order valence-electron chi connectivity index (χ4n) is 7.64. The minimum absolute atomic E-state index is 0.142. The van der Waals surface area contributed by atoms with E-state index in [0.717, 1.165) is 57.1 Å². The van der Waals surface area contributed by atoms with Crippen LogP contribution in [-0.2, 0) is 16.0 Å². The van der Waals surface area contributed by atoms with Crippen LogP contribution in [0.2, 0.25) is 0 Å². The van der Waals surface area contributed by atoms with Crippen molar-refractivity contribution in [3.8, 4) is 0 Å². The highest BCUT2D eigenvalue weighted by Crippen LogP contribution is 2.47. The summed E-state index contributed by atoms with van der Waals surface area (Å²) in [5, 5.41) is 3.50. The first-order valence-corrected chi connectivity index (χ1v) is 15.5. The van der Waals surface area contributed by atoms with Gasteiger partial charge in [-0.2, -0.15) is 0 Å². The van der Waals surface area contributed by atoms with Gasteiger partial charge in [-0.05, 0) is 74.7 Å². The molecule has 1 N–H and O–H groups in total. The molecule has 1 aromatic heterocycles. The molecule has 0 radical (unpaired) electrons. The Balaban J connectivity index is 1.59. The lowest BCUT2D eigenvalue weighted by Gasteiger charge is -2.31. The van der Waals surface area contributed by atoms with Gasteiger partial charge < -0.3 is 19.4 Å². The number of nitrogens with zero attached hydrogens (tertiary/aromatic N) is 1. The Morgan fingerprint density at radius 1 is 0.892 bits per heavy atom.